The van der Waals surface area contributed by atoms with Gasteiger partial charge in [-0.25, -0.2) is 0 Å². The molecule has 0 aliphatic carbocycles. The number of carboxylic acid groups (broad SMARTS) is 1. The highest BCUT2D eigenvalue weighted by Gasteiger charge is 2.26. The maximum Gasteiger partial charge on any atom is 0.311 e. The Morgan fingerprint density at radius 3 is 1.79 bits per heavy atom. The second-order valence-corrected chi connectivity index (χ2v) is 4.52. The minimum atomic E-state index is -0.871. The zero-order valence-corrected chi connectivity index (χ0v) is 11.9. The highest BCUT2D eigenvalue weighted by molar-refractivity contribution is 5.77. The summed E-state index contributed by atoms with van der Waals surface area (Å²) in [5.41, 5.74) is 0.636. The van der Waals surface area contributed by atoms with Crippen LogP contribution in [0.25, 0.3) is 0 Å². The molecule has 0 unspecified atom stereocenters. The van der Waals surface area contributed by atoms with E-state index in [0.717, 1.165) is 0 Å². The van der Waals surface area contributed by atoms with Crippen LogP contribution in [-0.2, 0) is 4.79 Å². The first-order valence-electron chi connectivity index (χ1n) is 5.98. The maximum atomic E-state index is 11.4. The van der Waals surface area contributed by atoms with Crippen LogP contribution in [0.4, 0.5) is 0 Å². The van der Waals surface area contributed by atoms with Gasteiger partial charge >= 0.3 is 5.97 Å². The van der Waals surface area contributed by atoms with Crippen molar-refractivity contribution in [2.45, 2.75) is 19.8 Å². The van der Waals surface area contributed by atoms with Gasteiger partial charge in [-0.05, 0) is 23.6 Å². The van der Waals surface area contributed by atoms with Crippen LogP contribution in [0.15, 0.2) is 12.1 Å². The van der Waals surface area contributed by atoms with Gasteiger partial charge in [0.25, 0.3) is 0 Å². The predicted molar refractivity (Wildman–Crippen MR) is 71.3 cm³/mol. The molecule has 0 saturated heterocycles. The van der Waals surface area contributed by atoms with Gasteiger partial charge in [-0.2, -0.15) is 0 Å². The van der Waals surface area contributed by atoms with Crippen LogP contribution in [-0.4, -0.2) is 32.4 Å². The number of methoxy groups -OCH3 is 3. The average molecular weight is 268 g/mol. The standard InChI is InChI=1S/C14H20O5/c1-8(2)12(14(15)16)9-6-10(17-3)13(19-5)11(7-9)18-4/h6-8,12H,1-5H3,(H,15,16)/t12-/m1/s1. The molecule has 0 amide bonds. The van der Waals surface area contributed by atoms with Crippen molar-refractivity contribution < 1.29 is 24.1 Å². The molecular formula is C14H20O5. The van der Waals surface area contributed by atoms with Gasteiger partial charge in [0.05, 0.1) is 27.2 Å². The van der Waals surface area contributed by atoms with Gasteiger partial charge in [0, 0.05) is 0 Å². The van der Waals surface area contributed by atoms with Crippen LogP contribution in [0, 0.1) is 5.92 Å². The molecule has 0 saturated carbocycles. The number of ether oxygens (including phenoxy) is 3. The van der Waals surface area contributed by atoms with Crippen molar-refractivity contribution in [2.75, 3.05) is 21.3 Å². The van der Waals surface area contributed by atoms with Crippen LogP contribution in [0.2, 0.25) is 0 Å². The highest BCUT2D eigenvalue weighted by Crippen LogP contribution is 2.41. The van der Waals surface area contributed by atoms with E-state index in [1.165, 1.54) is 21.3 Å². The fourth-order valence-corrected chi connectivity index (χ4v) is 2.09. The van der Waals surface area contributed by atoms with Crippen molar-refractivity contribution in [1.82, 2.24) is 0 Å². The molecular weight excluding hydrogens is 248 g/mol. The van der Waals surface area contributed by atoms with E-state index >= 15 is 0 Å². The first-order valence-corrected chi connectivity index (χ1v) is 5.98. The molecule has 5 nitrogen and oxygen atoms in total. The van der Waals surface area contributed by atoms with Crippen molar-refractivity contribution in [3.8, 4) is 17.2 Å². The first-order chi connectivity index (χ1) is 8.96. The summed E-state index contributed by atoms with van der Waals surface area (Å²) in [5.74, 6) is -0.146. The number of hydrogen-bond donors (Lipinski definition) is 1. The second kappa shape index (κ2) is 6.31. The van der Waals surface area contributed by atoms with E-state index in [1.54, 1.807) is 12.1 Å². The lowest BCUT2D eigenvalue weighted by Crippen LogP contribution is -2.17. The van der Waals surface area contributed by atoms with Crippen LogP contribution in [0.1, 0.15) is 25.3 Å². The summed E-state index contributed by atoms with van der Waals surface area (Å²) in [4.78, 5) is 11.4. The molecule has 0 aliphatic rings. The summed E-state index contributed by atoms with van der Waals surface area (Å²) in [7, 11) is 4.52. The van der Waals surface area contributed by atoms with Gasteiger partial charge in [-0.15, -0.1) is 0 Å². The minimum Gasteiger partial charge on any atom is -0.493 e. The van der Waals surface area contributed by atoms with Crippen LogP contribution in [0.3, 0.4) is 0 Å². The van der Waals surface area contributed by atoms with E-state index in [4.69, 9.17) is 14.2 Å². The fraction of sp³-hybridized carbons (Fsp3) is 0.500. The van der Waals surface area contributed by atoms with Crippen LogP contribution < -0.4 is 14.2 Å². The summed E-state index contributed by atoms with van der Waals surface area (Å²) in [6.45, 7) is 3.73. The van der Waals surface area contributed by atoms with Crippen molar-refractivity contribution in [1.29, 1.82) is 0 Å². The molecule has 1 aromatic carbocycles. The van der Waals surface area contributed by atoms with Crippen molar-refractivity contribution in [2.24, 2.45) is 5.92 Å². The predicted octanol–water partition coefficient (Wildman–Crippen LogP) is 2.54. The SMILES string of the molecule is COc1cc([C@H](C(=O)O)C(C)C)cc(OC)c1OC. The Morgan fingerprint density at radius 1 is 1.05 bits per heavy atom. The van der Waals surface area contributed by atoms with E-state index in [9.17, 15) is 9.90 Å². The number of carbonyl (C=O) groups is 1. The van der Waals surface area contributed by atoms with E-state index < -0.39 is 11.9 Å². The Morgan fingerprint density at radius 2 is 1.53 bits per heavy atom. The Labute approximate surface area is 113 Å². The third kappa shape index (κ3) is 3.10. The number of rotatable bonds is 6. The lowest BCUT2D eigenvalue weighted by molar-refractivity contribution is -0.139. The summed E-state index contributed by atoms with van der Waals surface area (Å²) >= 11 is 0. The van der Waals surface area contributed by atoms with Crippen molar-refractivity contribution in [3.05, 3.63) is 17.7 Å². The molecule has 5 heteroatoms. The number of benzene rings is 1. The monoisotopic (exact) mass is 268 g/mol. The zero-order chi connectivity index (χ0) is 14.6. The van der Waals surface area contributed by atoms with Gasteiger partial charge in [0.15, 0.2) is 11.5 Å². The van der Waals surface area contributed by atoms with E-state index in [-0.39, 0.29) is 5.92 Å². The van der Waals surface area contributed by atoms with Crippen LogP contribution >= 0.6 is 0 Å². The largest absolute Gasteiger partial charge is 0.493 e. The van der Waals surface area contributed by atoms with Gasteiger partial charge in [0.1, 0.15) is 0 Å². The number of hydrogen-bond acceptors (Lipinski definition) is 4. The Bertz CT molecular complexity index is 428. The van der Waals surface area contributed by atoms with E-state index in [2.05, 4.69) is 0 Å². The molecule has 0 bridgehead atoms. The summed E-state index contributed by atoms with van der Waals surface area (Å²) in [6.07, 6.45) is 0. The normalized spacial score (nSPS) is 12.1. The molecule has 1 atom stereocenters. The molecule has 0 spiro atoms. The summed E-state index contributed by atoms with van der Waals surface area (Å²) in [6, 6.07) is 3.36. The van der Waals surface area contributed by atoms with Gasteiger partial charge in [-0.1, -0.05) is 13.8 Å². The smallest absolute Gasteiger partial charge is 0.311 e. The molecule has 19 heavy (non-hydrogen) atoms. The average Bonchev–Trinajstić information content (AvgIpc) is 2.36. The molecule has 1 aromatic rings. The number of aliphatic carboxylic acids is 1. The molecule has 1 N–H and O–H groups in total. The topological polar surface area (TPSA) is 65.0 Å². The molecule has 0 radical (unpaired) electrons. The van der Waals surface area contributed by atoms with E-state index in [0.29, 0.717) is 22.8 Å². The number of carboxylic acids is 1. The first kappa shape index (κ1) is 15.1. The zero-order valence-electron chi connectivity index (χ0n) is 11.9. The van der Waals surface area contributed by atoms with Gasteiger partial charge < -0.3 is 19.3 Å². The molecule has 0 fully saturated rings. The molecule has 0 aromatic heterocycles. The quantitative estimate of drug-likeness (QED) is 0.858. The minimum absolute atomic E-state index is 0.0414. The van der Waals surface area contributed by atoms with Crippen LogP contribution in [0.5, 0.6) is 17.2 Å². The van der Waals surface area contributed by atoms with Crippen molar-refractivity contribution >= 4 is 5.97 Å². The summed E-state index contributed by atoms with van der Waals surface area (Å²) in [5, 5.41) is 9.34. The molecule has 1 rings (SSSR count). The van der Waals surface area contributed by atoms with Gasteiger partial charge in [-0.3, -0.25) is 4.79 Å². The molecule has 0 heterocycles. The fourth-order valence-electron chi connectivity index (χ4n) is 2.09. The summed E-state index contributed by atoms with van der Waals surface area (Å²) < 4.78 is 15.7. The third-order valence-electron chi connectivity index (χ3n) is 2.98. The van der Waals surface area contributed by atoms with E-state index in [1.807, 2.05) is 13.8 Å². The van der Waals surface area contributed by atoms with Crippen molar-refractivity contribution in [3.63, 3.8) is 0 Å². The lowest BCUT2D eigenvalue weighted by atomic mass is 9.88. The maximum absolute atomic E-state index is 11.4. The highest BCUT2D eigenvalue weighted by atomic mass is 16.5. The Kier molecular flexibility index (Phi) is 5.03. The second-order valence-electron chi connectivity index (χ2n) is 4.52. The lowest BCUT2D eigenvalue weighted by Gasteiger charge is -2.20. The van der Waals surface area contributed by atoms with Gasteiger partial charge in [0.2, 0.25) is 5.75 Å². The molecule has 106 valence electrons. The Hall–Kier alpha value is -1.91. The Balaban J connectivity index is 3.40. The molecule has 0 aliphatic heterocycles. The third-order valence-corrected chi connectivity index (χ3v) is 2.98.